The van der Waals surface area contributed by atoms with Gasteiger partial charge >= 0.3 is 0 Å². The average molecular weight is 330 g/mol. The minimum atomic E-state index is -0.697. The van der Waals surface area contributed by atoms with Crippen LogP contribution in [0.3, 0.4) is 0 Å². The number of piperidine rings is 1. The van der Waals surface area contributed by atoms with Crippen molar-refractivity contribution in [1.82, 2.24) is 5.32 Å². The second-order valence-corrected chi connectivity index (χ2v) is 6.33. The van der Waals surface area contributed by atoms with E-state index in [1.54, 1.807) is 25.3 Å². The Bertz CT molecular complexity index is 480. The van der Waals surface area contributed by atoms with E-state index in [-0.39, 0.29) is 23.4 Å². The smallest absolute Gasteiger partial charge is 0.147 e. The second-order valence-electron chi connectivity index (χ2n) is 5.92. The average Bonchev–Trinajstić information content (AvgIpc) is 2.56. The van der Waals surface area contributed by atoms with Crippen molar-refractivity contribution in [2.75, 3.05) is 26.8 Å². The Morgan fingerprint density at radius 1 is 1.45 bits per heavy atom. The lowest BCUT2D eigenvalue weighted by atomic mass is 9.74. The van der Waals surface area contributed by atoms with E-state index < -0.39 is 5.60 Å². The third kappa shape index (κ3) is 3.62. The van der Waals surface area contributed by atoms with Gasteiger partial charge < -0.3 is 15.2 Å². The van der Waals surface area contributed by atoms with Crippen molar-refractivity contribution in [1.29, 1.82) is 0 Å². The molecule has 1 heterocycles. The lowest BCUT2D eigenvalue weighted by Crippen LogP contribution is -2.46. The van der Waals surface area contributed by atoms with Crippen LogP contribution in [0.15, 0.2) is 18.2 Å². The first kappa shape index (κ1) is 17.7. The summed E-state index contributed by atoms with van der Waals surface area (Å²) in [6, 6.07) is 5.11. The summed E-state index contributed by atoms with van der Waals surface area (Å²) in [5, 5.41) is 12.6. The van der Waals surface area contributed by atoms with Gasteiger partial charge in [0.2, 0.25) is 0 Å². The molecular weight excluding hydrogens is 305 g/mol. The summed E-state index contributed by atoms with van der Waals surface area (Å²) in [6.07, 6.45) is 4.19. The Morgan fingerprint density at radius 2 is 2.27 bits per heavy atom. The summed E-state index contributed by atoms with van der Waals surface area (Å²) < 4.78 is 20.6. The summed E-state index contributed by atoms with van der Waals surface area (Å²) in [5.41, 5.74) is -0.161. The van der Waals surface area contributed by atoms with Gasteiger partial charge in [0.1, 0.15) is 5.82 Å². The molecule has 0 bridgehead atoms. The van der Waals surface area contributed by atoms with Crippen LogP contribution in [0.4, 0.5) is 4.39 Å². The normalized spacial score (nSPS) is 21.5. The lowest BCUT2D eigenvalue weighted by molar-refractivity contribution is -0.0821. The van der Waals surface area contributed by atoms with Gasteiger partial charge in [-0.2, -0.15) is 0 Å². The molecule has 0 amide bonds. The molecule has 0 aromatic heterocycles. The molecular formula is C17H25ClFNO2. The van der Waals surface area contributed by atoms with Crippen molar-refractivity contribution in [3.8, 4) is 0 Å². The molecule has 1 aromatic carbocycles. The standard InChI is InChI=1S/C17H25ClFNO2/c1-22-17(9-2-3-11-21,13-6-5-10-20-12-13)14-7-4-8-15(18)16(14)19/h4,7-8,13,20-21H,2-3,5-6,9-12H2,1H3/t13-,17+/m1/s1. The molecule has 1 aliphatic heterocycles. The van der Waals surface area contributed by atoms with E-state index in [1.165, 1.54) is 0 Å². The molecule has 1 aliphatic rings. The van der Waals surface area contributed by atoms with E-state index in [0.29, 0.717) is 18.4 Å². The first-order chi connectivity index (χ1) is 10.7. The summed E-state index contributed by atoms with van der Waals surface area (Å²) in [4.78, 5) is 0. The number of ether oxygens (including phenoxy) is 1. The largest absolute Gasteiger partial charge is 0.396 e. The van der Waals surface area contributed by atoms with Crippen molar-refractivity contribution >= 4 is 11.6 Å². The molecule has 22 heavy (non-hydrogen) atoms. The monoisotopic (exact) mass is 329 g/mol. The van der Waals surface area contributed by atoms with Crippen LogP contribution in [-0.4, -0.2) is 31.9 Å². The maximum Gasteiger partial charge on any atom is 0.147 e. The topological polar surface area (TPSA) is 41.5 Å². The number of methoxy groups -OCH3 is 1. The maximum absolute atomic E-state index is 14.7. The molecule has 3 nitrogen and oxygen atoms in total. The second kappa shape index (κ2) is 8.25. The lowest BCUT2D eigenvalue weighted by Gasteiger charge is -2.42. The Hall–Kier alpha value is -0.680. The van der Waals surface area contributed by atoms with Crippen molar-refractivity contribution < 1.29 is 14.2 Å². The highest BCUT2D eigenvalue weighted by Crippen LogP contribution is 2.43. The molecule has 2 rings (SSSR count). The van der Waals surface area contributed by atoms with Crippen LogP contribution in [0, 0.1) is 11.7 Å². The van der Waals surface area contributed by atoms with Gasteiger partial charge in [0.15, 0.2) is 0 Å². The number of nitrogens with one attached hydrogen (secondary N) is 1. The number of halogens is 2. The molecule has 0 aliphatic carbocycles. The highest BCUT2D eigenvalue weighted by Gasteiger charge is 2.42. The predicted molar refractivity (Wildman–Crippen MR) is 86.6 cm³/mol. The van der Waals surface area contributed by atoms with Gasteiger partial charge in [0.05, 0.1) is 10.6 Å². The summed E-state index contributed by atoms with van der Waals surface area (Å²) >= 11 is 5.99. The molecule has 5 heteroatoms. The van der Waals surface area contributed by atoms with E-state index in [9.17, 15) is 4.39 Å². The maximum atomic E-state index is 14.7. The van der Waals surface area contributed by atoms with Gasteiger partial charge in [-0.1, -0.05) is 23.7 Å². The fraction of sp³-hybridized carbons (Fsp3) is 0.647. The zero-order valence-electron chi connectivity index (χ0n) is 13.1. The van der Waals surface area contributed by atoms with Crippen LogP contribution < -0.4 is 5.32 Å². The Balaban J connectivity index is 2.39. The fourth-order valence-corrected chi connectivity index (χ4v) is 3.69. The van der Waals surface area contributed by atoms with Crippen LogP contribution in [-0.2, 0) is 10.3 Å². The van der Waals surface area contributed by atoms with Crippen molar-refractivity contribution in [2.45, 2.75) is 37.7 Å². The quantitative estimate of drug-likeness (QED) is 0.752. The molecule has 124 valence electrons. The minimum absolute atomic E-state index is 0.129. The van der Waals surface area contributed by atoms with Gasteiger partial charge in [-0.05, 0) is 44.7 Å². The number of aliphatic hydroxyl groups is 1. The molecule has 1 fully saturated rings. The number of rotatable bonds is 7. The number of hydrogen-bond acceptors (Lipinski definition) is 3. The summed E-state index contributed by atoms with van der Waals surface area (Å²) in [5.74, 6) is -0.196. The van der Waals surface area contributed by atoms with Gasteiger partial charge in [-0.3, -0.25) is 0 Å². The van der Waals surface area contributed by atoms with Gasteiger partial charge in [0, 0.05) is 31.7 Å². The first-order valence-corrected chi connectivity index (χ1v) is 8.34. The van der Waals surface area contributed by atoms with Crippen LogP contribution in [0.1, 0.15) is 37.7 Å². The number of aliphatic hydroxyl groups excluding tert-OH is 1. The molecule has 0 unspecified atom stereocenters. The van der Waals surface area contributed by atoms with E-state index in [1.807, 2.05) is 0 Å². The van der Waals surface area contributed by atoms with Crippen LogP contribution in [0.5, 0.6) is 0 Å². The third-order valence-electron chi connectivity index (χ3n) is 4.68. The molecule has 0 spiro atoms. The molecule has 1 saturated heterocycles. The Labute approximate surface area is 136 Å². The fourth-order valence-electron chi connectivity index (χ4n) is 3.52. The number of benzene rings is 1. The Morgan fingerprint density at radius 3 is 2.91 bits per heavy atom. The summed E-state index contributed by atoms with van der Waals surface area (Å²) in [7, 11) is 1.65. The van der Waals surface area contributed by atoms with Crippen molar-refractivity contribution in [2.24, 2.45) is 5.92 Å². The zero-order chi connectivity index (χ0) is 16.0. The van der Waals surface area contributed by atoms with Gasteiger partial charge in [-0.15, -0.1) is 0 Å². The predicted octanol–water partition coefficient (Wildman–Crippen LogP) is 3.48. The Kier molecular flexibility index (Phi) is 6.63. The molecule has 2 N–H and O–H groups in total. The van der Waals surface area contributed by atoms with Gasteiger partial charge in [-0.25, -0.2) is 4.39 Å². The zero-order valence-corrected chi connectivity index (χ0v) is 13.8. The highest BCUT2D eigenvalue weighted by atomic mass is 35.5. The number of unbranched alkanes of at least 4 members (excludes halogenated alkanes) is 1. The van der Waals surface area contributed by atoms with E-state index in [2.05, 4.69) is 5.32 Å². The first-order valence-electron chi connectivity index (χ1n) is 7.97. The molecule has 0 saturated carbocycles. The van der Waals surface area contributed by atoms with Crippen LogP contribution >= 0.6 is 11.6 Å². The number of hydrogen-bond donors (Lipinski definition) is 2. The minimum Gasteiger partial charge on any atom is -0.396 e. The van der Waals surface area contributed by atoms with Crippen LogP contribution in [0.2, 0.25) is 5.02 Å². The van der Waals surface area contributed by atoms with Crippen LogP contribution in [0.25, 0.3) is 0 Å². The molecule has 1 aromatic rings. The van der Waals surface area contributed by atoms with E-state index in [0.717, 1.165) is 32.4 Å². The molecule has 0 radical (unpaired) electrons. The van der Waals surface area contributed by atoms with Crippen molar-refractivity contribution in [3.05, 3.63) is 34.6 Å². The van der Waals surface area contributed by atoms with Crippen molar-refractivity contribution in [3.63, 3.8) is 0 Å². The molecule has 2 atom stereocenters. The van der Waals surface area contributed by atoms with Gasteiger partial charge in [0.25, 0.3) is 0 Å². The SMILES string of the molecule is CO[C@](CCCCO)(c1cccc(Cl)c1F)[C@@H]1CCCNC1. The highest BCUT2D eigenvalue weighted by molar-refractivity contribution is 6.30. The van der Waals surface area contributed by atoms with E-state index >= 15 is 0 Å². The van der Waals surface area contributed by atoms with E-state index in [4.69, 9.17) is 21.4 Å². The third-order valence-corrected chi connectivity index (χ3v) is 4.98. The summed E-state index contributed by atoms with van der Waals surface area (Å²) in [6.45, 7) is 1.94.